The van der Waals surface area contributed by atoms with Gasteiger partial charge in [-0.25, -0.2) is 0 Å². The quantitative estimate of drug-likeness (QED) is 0.679. The number of nitrogens with one attached hydrogen (secondary N) is 2. The lowest BCUT2D eigenvalue weighted by Gasteiger charge is -2.34. The van der Waals surface area contributed by atoms with Gasteiger partial charge in [0.25, 0.3) is 0 Å². The summed E-state index contributed by atoms with van der Waals surface area (Å²) in [4.78, 5) is 2.41. The van der Waals surface area contributed by atoms with Crippen molar-refractivity contribution in [1.29, 1.82) is 10.5 Å². The summed E-state index contributed by atoms with van der Waals surface area (Å²) in [6.07, 6.45) is 2.21. The van der Waals surface area contributed by atoms with Crippen molar-refractivity contribution in [3.05, 3.63) is 23.8 Å². The molecule has 0 radical (unpaired) electrons. The SMILES string of the molecule is CNCC(C#N)(C#N)NCC1CCCN(Cc2ccc(OC)c(OC)c2)C1. The summed E-state index contributed by atoms with van der Waals surface area (Å²) in [5.74, 6) is 1.89. The molecule has 0 aliphatic carbocycles. The van der Waals surface area contributed by atoms with Crippen LogP contribution in [-0.4, -0.2) is 57.9 Å². The fourth-order valence-electron chi connectivity index (χ4n) is 3.53. The van der Waals surface area contributed by atoms with Crippen LogP contribution in [0, 0.1) is 28.6 Å². The van der Waals surface area contributed by atoms with E-state index in [4.69, 9.17) is 9.47 Å². The number of rotatable bonds is 9. The number of hydrogen-bond acceptors (Lipinski definition) is 7. The fourth-order valence-corrected chi connectivity index (χ4v) is 3.53. The molecule has 1 saturated heterocycles. The summed E-state index contributed by atoms with van der Waals surface area (Å²) < 4.78 is 10.7. The highest BCUT2D eigenvalue weighted by atomic mass is 16.5. The number of benzene rings is 1. The first kappa shape index (κ1) is 21.0. The molecule has 2 rings (SSSR count). The van der Waals surface area contributed by atoms with Crippen LogP contribution in [-0.2, 0) is 6.54 Å². The van der Waals surface area contributed by atoms with Gasteiger partial charge in [0, 0.05) is 26.2 Å². The predicted molar refractivity (Wildman–Crippen MR) is 103 cm³/mol. The first-order valence-electron chi connectivity index (χ1n) is 9.25. The van der Waals surface area contributed by atoms with Crippen LogP contribution >= 0.6 is 0 Å². The number of ether oxygens (including phenoxy) is 2. The van der Waals surface area contributed by atoms with Gasteiger partial charge in [0.1, 0.15) is 12.1 Å². The molecule has 7 heteroatoms. The van der Waals surface area contributed by atoms with Crippen molar-refractivity contribution >= 4 is 0 Å². The number of likely N-dealkylation sites (N-methyl/N-ethyl adjacent to an activating group) is 1. The number of likely N-dealkylation sites (tertiary alicyclic amines) is 1. The molecule has 1 aromatic carbocycles. The molecule has 1 aliphatic heterocycles. The molecular weight excluding hydrogens is 342 g/mol. The molecule has 7 nitrogen and oxygen atoms in total. The Kier molecular flexibility index (Phi) is 7.87. The Labute approximate surface area is 161 Å². The predicted octanol–water partition coefficient (Wildman–Crippen LogP) is 1.51. The minimum absolute atomic E-state index is 0.308. The van der Waals surface area contributed by atoms with Crippen LogP contribution in [0.4, 0.5) is 0 Å². The maximum atomic E-state index is 9.37. The second-order valence-corrected chi connectivity index (χ2v) is 6.97. The topological polar surface area (TPSA) is 93.3 Å². The number of nitrogens with zero attached hydrogens (tertiary/aromatic N) is 3. The van der Waals surface area contributed by atoms with E-state index >= 15 is 0 Å². The van der Waals surface area contributed by atoms with Gasteiger partial charge in [-0.15, -0.1) is 0 Å². The summed E-state index contributed by atoms with van der Waals surface area (Å²) in [6, 6.07) is 10.2. The van der Waals surface area contributed by atoms with Crippen LogP contribution in [0.15, 0.2) is 18.2 Å². The molecule has 0 bridgehead atoms. The number of methoxy groups -OCH3 is 2. The highest BCUT2D eigenvalue weighted by Gasteiger charge is 2.30. The maximum absolute atomic E-state index is 9.37. The molecule has 1 heterocycles. The van der Waals surface area contributed by atoms with Crippen LogP contribution < -0.4 is 20.1 Å². The van der Waals surface area contributed by atoms with Gasteiger partial charge in [0.2, 0.25) is 5.54 Å². The molecule has 1 aromatic rings. The van der Waals surface area contributed by atoms with E-state index in [2.05, 4.69) is 33.7 Å². The molecule has 146 valence electrons. The lowest BCUT2D eigenvalue weighted by Crippen LogP contribution is -2.52. The van der Waals surface area contributed by atoms with Crippen LogP contribution in [0.3, 0.4) is 0 Å². The van der Waals surface area contributed by atoms with E-state index in [-0.39, 0.29) is 0 Å². The van der Waals surface area contributed by atoms with Gasteiger partial charge in [-0.05, 0) is 50.0 Å². The Morgan fingerprint density at radius 1 is 1.22 bits per heavy atom. The smallest absolute Gasteiger partial charge is 0.206 e. The lowest BCUT2D eigenvalue weighted by atomic mass is 9.95. The van der Waals surface area contributed by atoms with E-state index in [1.54, 1.807) is 21.3 Å². The van der Waals surface area contributed by atoms with Crippen molar-refractivity contribution in [2.75, 3.05) is 47.4 Å². The average Bonchev–Trinajstić information content (AvgIpc) is 2.71. The summed E-state index contributed by atoms with van der Waals surface area (Å²) in [6.45, 7) is 3.79. The van der Waals surface area contributed by atoms with Gasteiger partial charge in [-0.3, -0.25) is 10.2 Å². The van der Waals surface area contributed by atoms with Crippen molar-refractivity contribution in [1.82, 2.24) is 15.5 Å². The van der Waals surface area contributed by atoms with Gasteiger partial charge in [0.15, 0.2) is 11.5 Å². The third-order valence-electron chi connectivity index (χ3n) is 4.97. The van der Waals surface area contributed by atoms with Crippen molar-refractivity contribution in [2.45, 2.75) is 24.9 Å². The van der Waals surface area contributed by atoms with Gasteiger partial charge < -0.3 is 14.8 Å². The van der Waals surface area contributed by atoms with Crippen LogP contribution in [0.5, 0.6) is 11.5 Å². The zero-order chi connectivity index (χ0) is 19.7. The fraction of sp³-hybridized carbons (Fsp3) is 0.600. The minimum Gasteiger partial charge on any atom is -0.493 e. The third-order valence-corrected chi connectivity index (χ3v) is 4.97. The lowest BCUT2D eigenvalue weighted by molar-refractivity contribution is 0.162. The molecule has 0 amide bonds. The largest absolute Gasteiger partial charge is 0.493 e. The Balaban J connectivity index is 1.94. The Morgan fingerprint density at radius 2 is 1.96 bits per heavy atom. The normalized spacial score (nSPS) is 17.7. The summed E-state index contributed by atoms with van der Waals surface area (Å²) in [5, 5.41) is 24.8. The molecule has 1 atom stereocenters. The first-order chi connectivity index (χ1) is 13.1. The van der Waals surface area contributed by atoms with Gasteiger partial charge in [0.05, 0.1) is 14.2 Å². The van der Waals surface area contributed by atoms with Gasteiger partial charge in [-0.1, -0.05) is 6.07 Å². The Morgan fingerprint density at radius 3 is 2.59 bits per heavy atom. The molecule has 0 spiro atoms. The van der Waals surface area contributed by atoms with Gasteiger partial charge in [-0.2, -0.15) is 10.5 Å². The molecule has 2 N–H and O–H groups in total. The molecule has 0 aromatic heterocycles. The number of nitriles is 2. The Hall–Kier alpha value is -2.32. The third kappa shape index (κ3) is 5.58. The molecule has 27 heavy (non-hydrogen) atoms. The molecule has 1 aliphatic rings. The highest BCUT2D eigenvalue weighted by molar-refractivity contribution is 5.42. The zero-order valence-corrected chi connectivity index (χ0v) is 16.4. The number of piperidine rings is 1. The van der Waals surface area contributed by atoms with Crippen molar-refractivity contribution in [3.8, 4) is 23.6 Å². The van der Waals surface area contributed by atoms with E-state index in [9.17, 15) is 10.5 Å². The van der Waals surface area contributed by atoms with E-state index in [0.717, 1.165) is 44.0 Å². The van der Waals surface area contributed by atoms with Crippen molar-refractivity contribution in [2.24, 2.45) is 5.92 Å². The van der Waals surface area contributed by atoms with E-state index in [1.165, 1.54) is 5.56 Å². The monoisotopic (exact) mass is 371 g/mol. The number of hydrogen-bond donors (Lipinski definition) is 2. The highest BCUT2D eigenvalue weighted by Crippen LogP contribution is 2.28. The van der Waals surface area contributed by atoms with E-state index < -0.39 is 5.54 Å². The molecule has 1 fully saturated rings. The second-order valence-electron chi connectivity index (χ2n) is 6.97. The second kappa shape index (κ2) is 10.1. The zero-order valence-electron chi connectivity index (χ0n) is 16.4. The van der Waals surface area contributed by atoms with E-state index in [1.807, 2.05) is 12.1 Å². The van der Waals surface area contributed by atoms with Crippen molar-refractivity contribution < 1.29 is 9.47 Å². The molecular formula is C20H29N5O2. The summed E-state index contributed by atoms with van der Waals surface area (Å²) in [5.41, 5.74) is 0.0141. The van der Waals surface area contributed by atoms with Gasteiger partial charge >= 0.3 is 0 Å². The van der Waals surface area contributed by atoms with Crippen LogP contribution in [0.2, 0.25) is 0 Å². The average molecular weight is 371 g/mol. The van der Waals surface area contributed by atoms with E-state index in [0.29, 0.717) is 19.0 Å². The van der Waals surface area contributed by atoms with Crippen LogP contribution in [0.1, 0.15) is 18.4 Å². The first-order valence-corrected chi connectivity index (χ1v) is 9.25. The minimum atomic E-state index is -1.17. The van der Waals surface area contributed by atoms with Crippen LogP contribution in [0.25, 0.3) is 0 Å². The summed E-state index contributed by atoms with van der Waals surface area (Å²) in [7, 11) is 5.03. The Bertz CT molecular complexity index is 681. The summed E-state index contributed by atoms with van der Waals surface area (Å²) >= 11 is 0. The molecule has 0 saturated carbocycles. The van der Waals surface area contributed by atoms with Crippen molar-refractivity contribution in [3.63, 3.8) is 0 Å². The molecule has 1 unspecified atom stereocenters. The maximum Gasteiger partial charge on any atom is 0.206 e. The standard InChI is InChI=1S/C20H29N5O2/c1-23-15-20(13-21,14-22)24-10-17-5-4-8-25(12-17)11-16-6-7-18(26-2)19(9-16)27-3/h6-7,9,17,23-24H,4-5,8,10-12,15H2,1-3H3.